The molecule has 0 saturated carbocycles. The molecule has 2 aromatic rings. The van der Waals surface area contributed by atoms with Gasteiger partial charge in [0.25, 0.3) is 5.91 Å². The fourth-order valence-electron chi connectivity index (χ4n) is 3.20. The lowest BCUT2D eigenvalue weighted by Gasteiger charge is -2.32. The van der Waals surface area contributed by atoms with Gasteiger partial charge >= 0.3 is 0 Å². The maximum absolute atomic E-state index is 12.5. The van der Waals surface area contributed by atoms with Gasteiger partial charge in [0, 0.05) is 43.6 Å². The lowest BCUT2D eigenvalue weighted by atomic mass is 10.0. The molecule has 1 aromatic heterocycles. The van der Waals surface area contributed by atoms with Crippen molar-refractivity contribution in [2.75, 3.05) is 13.1 Å². The van der Waals surface area contributed by atoms with Crippen molar-refractivity contribution in [1.29, 1.82) is 0 Å². The van der Waals surface area contributed by atoms with Crippen molar-refractivity contribution in [2.45, 2.75) is 46.1 Å². The van der Waals surface area contributed by atoms with Crippen molar-refractivity contribution in [3.05, 3.63) is 35.7 Å². The first-order valence-electron chi connectivity index (χ1n) is 9.41. The van der Waals surface area contributed by atoms with Crippen molar-refractivity contribution in [3.8, 4) is 11.5 Å². The number of aromatic nitrogens is 2. The minimum Gasteiger partial charge on any atom is -0.421 e. The average molecular weight is 370 g/mol. The third-order valence-corrected chi connectivity index (χ3v) is 4.69. The van der Waals surface area contributed by atoms with Crippen LogP contribution in [0.25, 0.3) is 11.5 Å². The molecule has 0 atom stereocenters. The largest absolute Gasteiger partial charge is 0.421 e. The van der Waals surface area contributed by atoms with Crippen molar-refractivity contribution >= 4 is 11.8 Å². The zero-order chi connectivity index (χ0) is 19.4. The molecular weight excluding hydrogens is 344 g/mol. The molecular formula is C20H26N4O3. The van der Waals surface area contributed by atoms with Gasteiger partial charge in [-0.3, -0.25) is 9.59 Å². The van der Waals surface area contributed by atoms with Crippen LogP contribution in [0.2, 0.25) is 0 Å². The van der Waals surface area contributed by atoms with E-state index in [0.717, 1.165) is 18.4 Å². The van der Waals surface area contributed by atoms with E-state index in [9.17, 15) is 9.59 Å². The Morgan fingerprint density at radius 3 is 2.41 bits per heavy atom. The van der Waals surface area contributed by atoms with Crippen LogP contribution in [-0.4, -0.2) is 46.0 Å². The van der Waals surface area contributed by atoms with Gasteiger partial charge in [-0.15, -0.1) is 10.2 Å². The van der Waals surface area contributed by atoms with Gasteiger partial charge in [-0.1, -0.05) is 13.8 Å². The van der Waals surface area contributed by atoms with Crippen molar-refractivity contribution in [3.63, 3.8) is 0 Å². The highest BCUT2D eigenvalue weighted by Crippen LogP contribution is 2.19. The summed E-state index contributed by atoms with van der Waals surface area (Å²) in [4.78, 5) is 26.5. The van der Waals surface area contributed by atoms with Crippen LogP contribution < -0.4 is 5.32 Å². The normalized spacial score (nSPS) is 15.2. The molecule has 144 valence electrons. The monoisotopic (exact) mass is 370 g/mol. The molecule has 27 heavy (non-hydrogen) atoms. The molecule has 3 rings (SSSR count). The van der Waals surface area contributed by atoms with Crippen molar-refractivity contribution in [1.82, 2.24) is 20.4 Å². The summed E-state index contributed by atoms with van der Waals surface area (Å²) in [5, 5.41) is 10.9. The molecule has 2 amide bonds. The average Bonchev–Trinajstić information content (AvgIpc) is 3.08. The number of rotatable bonds is 5. The van der Waals surface area contributed by atoms with Gasteiger partial charge in [0.2, 0.25) is 17.7 Å². The van der Waals surface area contributed by atoms with Gasteiger partial charge in [0.1, 0.15) is 0 Å². The quantitative estimate of drug-likeness (QED) is 0.874. The first-order chi connectivity index (χ1) is 12.9. The van der Waals surface area contributed by atoms with Gasteiger partial charge in [-0.2, -0.15) is 0 Å². The Hall–Kier alpha value is -2.70. The first-order valence-corrected chi connectivity index (χ1v) is 9.41. The van der Waals surface area contributed by atoms with Crippen molar-refractivity contribution < 1.29 is 14.0 Å². The number of hydrogen-bond donors (Lipinski definition) is 1. The Morgan fingerprint density at radius 2 is 1.85 bits per heavy atom. The Kier molecular flexibility index (Phi) is 5.88. The summed E-state index contributed by atoms with van der Waals surface area (Å²) >= 11 is 0. The highest BCUT2D eigenvalue weighted by atomic mass is 16.4. The zero-order valence-corrected chi connectivity index (χ0v) is 16.1. The number of piperidine rings is 1. The van der Waals surface area contributed by atoms with Crippen LogP contribution in [0.1, 0.15) is 49.4 Å². The minimum atomic E-state index is -0.102. The van der Waals surface area contributed by atoms with E-state index < -0.39 is 0 Å². The molecule has 7 nitrogen and oxygen atoms in total. The Balaban J connectivity index is 1.52. The van der Waals surface area contributed by atoms with Crippen LogP contribution in [-0.2, 0) is 4.79 Å². The fraction of sp³-hybridized carbons (Fsp3) is 0.500. The number of nitrogens with zero attached hydrogens (tertiary/aromatic N) is 3. The number of carbonyl (C=O) groups is 2. The second-order valence-corrected chi connectivity index (χ2v) is 7.43. The van der Waals surface area contributed by atoms with E-state index in [2.05, 4.69) is 29.4 Å². The molecule has 2 heterocycles. The molecule has 1 aliphatic heterocycles. The summed E-state index contributed by atoms with van der Waals surface area (Å²) in [6.45, 7) is 7.24. The van der Waals surface area contributed by atoms with Crippen molar-refractivity contribution in [2.24, 2.45) is 5.92 Å². The van der Waals surface area contributed by atoms with Gasteiger partial charge in [0.05, 0.1) is 0 Å². The van der Waals surface area contributed by atoms with Crippen LogP contribution in [0.4, 0.5) is 0 Å². The number of likely N-dealkylation sites (tertiary alicyclic amines) is 1. The Labute approximate surface area is 159 Å². The lowest BCUT2D eigenvalue weighted by molar-refractivity contribution is -0.133. The second kappa shape index (κ2) is 8.33. The fourth-order valence-corrected chi connectivity index (χ4v) is 3.20. The topological polar surface area (TPSA) is 88.3 Å². The number of carbonyl (C=O) groups excluding carboxylic acids is 2. The second-order valence-electron chi connectivity index (χ2n) is 7.43. The smallest absolute Gasteiger partial charge is 0.251 e. The molecule has 0 spiro atoms. The van der Waals surface area contributed by atoms with Gasteiger partial charge in [-0.25, -0.2) is 0 Å². The molecule has 0 radical (unpaired) electrons. The summed E-state index contributed by atoms with van der Waals surface area (Å²) < 4.78 is 5.39. The summed E-state index contributed by atoms with van der Waals surface area (Å²) in [6.07, 6.45) is 2.16. The van der Waals surface area contributed by atoms with E-state index in [1.807, 2.05) is 4.90 Å². The number of hydrogen-bond acceptors (Lipinski definition) is 5. The van der Waals surface area contributed by atoms with Gasteiger partial charge in [-0.05, 0) is 43.0 Å². The van der Waals surface area contributed by atoms with Crippen LogP contribution in [0.3, 0.4) is 0 Å². The Bertz CT molecular complexity index is 790. The molecule has 0 bridgehead atoms. The van der Waals surface area contributed by atoms with E-state index in [4.69, 9.17) is 4.42 Å². The van der Waals surface area contributed by atoms with E-state index in [-0.39, 0.29) is 17.9 Å². The predicted octanol–water partition coefficient (Wildman–Crippen LogP) is 2.81. The maximum Gasteiger partial charge on any atom is 0.251 e. The zero-order valence-electron chi connectivity index (χ0n) is 16.1. The maximum atomic E-state index is 12.5. The molecule has 1 aromatic carbocycles. The number of amides is 2. The SMILES string of the molecule is Cc1nnc(-c2ccc(C(=O)NC3CCN(C(=O)CC(C)C)CC3)cc2)o1. The van der Waals surface area contributed by atoms with E-state index in [0.29, 0.717) is 42.8 Å². The molecule has 1 fully saturated rings. The first kappa shape index (κ1) is 19.1. The number of nitrogens with one attached hydrogen (secondary N) is 1. The number of benzene rings is 1. The molecule has 0 unspecified atom stereocenters. The third kappa shape index (κ3) is 4.93. The lowest BCUT2D eigenvalue weighted by Crippen LogP contribution is -2.46. The molecule has 0 aliphatic carbocycles. The standard InChI is InChI=1S/C20H26N4O3/c1-13(2)12-18(25)24-10-8-17(9-11-24)21-19(26)15-4-6-16(7-5-15)20-23-22-14(3)27-20/h4-7,13,17H,8-12H2,1-3H3,(H,21,26). The van der Waals surface area contributed by atoms with Crippen LogP contribution in [0.15, 0.2) is 28.7 Å². The Morgan fingerprint density at radius 1 is 1.19 bits per heavy atom. The van der Waals surface area contributed by atoms with Gasteiger partial charge in [0.15, 0.2) is 0 Å². The summed E-state index contributed by atoms with van der Waals surface area (Å²) in [5.41, 5.74) is 1.37. The van der Waals surface area contributed by atoms with Crippen LogP contribution in [0.5, 0.6) is 0 Å². The van der Waals surface area contributed by atoms with E-state index >= 15 is 0 Å². The summed E-state index contributed by atoms with van der Waals surface area (Å²) in [5.74, 6) is 1.42. The molecule has 1 aliphatic rings. The molecule has 7 heteroatoms. The highest BCUT2D eigenvalue weighted by Gasteiger charge is 2.24. The third-order valence-electron chi connectivity index (χ3n) is 4.69. The van der Waals surface area contributed by atoms with E-state index in [1.54, 1.807) is 31.2 Å². The van der Waals surface area contributed by atoms with Gasteiger partial charge < -0.3 is 14.6 Å². The van der Waals surface area contributed by atoms with E-state index in [1.165, 1.54) is 0 Å². The number of aryl methyl sites for hydroxylation is 1. The predicted molar refractivity (Wildman–Crippen MR) is 101 cm³/mol. The van der Waals surface area contributed by atoms with Crippen LogP contribution >= 0.6 is 0 Å². The summed E-state index contributed by atoms with van der Waals surface area (Å²) in [7, 11) is 0. The molecule has 1 saturated heterocycles. The van der Waals surface area contributed by atoms with Crippen LogP contribution in [0, 0.1) is 12.8 Å². The minimum absolute atomic E-state index is 0.0962. The molecule has 1 N–H and O–H groups in total. The summed E-state index contributed by atoms with van der Waals surface area (Å²) in [6, 6.07) is 7.21. The highest BCUT2D eigenvalue weighted by molar-refractivity contribution is 5.94.